The molecule has 1 saturated heterocycles. The first-order chi connectivity index (χ1) is 14.0. The summed E-state index contributed by atoms with van der Waals surface area (Å²) >= 11 is 0. The van der Waals surface area contributed by atoms with Crippen molar-refractivity contribution >= 4 is 11.5 Å². The molecular weight excluding hydrogens is 368 g/mol. The molecule has 0 saturated carbocycles. The molecule has 2 aliphatic heterocycles. The average Bonchev–Trinajstić information content (AvgIpc) is 3.19. The first-order valence-electron chi connectivity index (χ1n) is 9.59. The molecule has 3 heterocycles. The number of aliphatic carboxylic acids is 1. The molecule has 0 aliphatic carbocycles. The lowest BCUT2D eigenvalue weighted by molar-refractivity contribution is -0.135. The lowest BCUT2D eigenvalue weighted by Gasteiger charge is -2.45. The van der Waals surface area contributed by atoms with E-state index in [-0.39, 0.29) is 12.3 Å². The predicted octanol–water partition coefficient (Wildman–Crippen LogP) is 3.69. The molecule has 1 aromatic carbocycles. The van der Waals surface area contributed by atoms with Crippen LogP contribution in [0.2, 0.25) is 0 Å². The second-order valence-corrected chi connectivity index (χ2v) is 7.38. The Morgan fingerprint density at radius 2 is 1.79 bits per heavy atom. The van der Waals surface area contributed by atoms with Gasteiger partial charge in [0, 0.05) is 54.3 Å². The second kappa shape index (κ2) is 7.29. The average molecular weight is 392 g/mol. The molecule has 4 rings (SSSR count). The monoisotopic (exact) mass is 392 g/mol. The zero-order chi connectivity index (χ0) is 20.6. The number of nitrogens with zero attached hydrogens (tertiary/aromatic N) is 1. The molecule has 0 atom stereocenters. The summed E-state index contributed by atoms with van der Waals surface area (Å²) < 4.78 is 7.76. The second-order valence-electron chi connectivity index (χ2n) is 7.38. The fraction of sp³-hybridized carbons (Fsp3) is 0.261. The number of hydrogen-bond donors (Lipinski definition) is 3. The minimum absolute atomic E-state index is 0.162. The fourth-order valence-electron chi connectivity index (χ4n) is 4.34. The predicted molar refractivity (Wildman–Crippen MR) is 111 cm³/mol. The van der Waals surface area contributed by atoms with Crippen molar-refractivity contribution in [1.29, 1.82) is 0 Å². The molecule has 2 aliphatic rings. The molecule has 1 aromatic heterocycles. The van der Waals surface area contributed by atoms with Crippen LogP contribution in [0.15, 0.2) is 72.7 Å². The maximum Gasteiger partial charge on any atom is 0.322 e. The van der Waals surface area contributed by atoms with Gasteiger partial charge in [0.2, 0.25) is 0 Å². The number of aliphatic hydroxyl groups is 1. The number of carboxylic acids is 1. The van der Waals surface area contributed by atoms with Gasteiger partial charge in [-0.2, -0.15) is 0 Å². The number of aromatic nitrogens is 1. The zero-order valence-corrected chi connectivity index (χ0v) is 16.1. The van der Waals surface area contributed by atoms with Crippen molar-refractivity contribution < 1.29 is 19.7 Å². The van der Waals surface area contributed by atoms with Crippen LogP contribution in [0, 0.1) is 0 Å². The van der Waals surface area contributed by atoms with E-state index in [2.05, 4.69) is 23.0 Å². The molecule has 6 heteroatoms. The molecule has 1 fully saturated rings. The van der Waals surface area contributed by atoms with Crippen molar-refractivity contribution in [2.24, 2.45) is 0 Å². The van der Waals surface area contributed by atoms with Gasteiger partial charge in [0.25, 0.3) is 0 Å². The molecule has 0 amide bonds. The van der Waals surface area contributed by atoms with Gasteiger partial charge in [-0.25, -0.2) is 0 Å². The Kier molecular flexibility index (Phi) is 4.80. The zero-order valence-electron chi connectivity index (χ0n) is 16.1. The number of allylic oxidation sites excluding steroid dienone is 2. The standard InChI is InChI=1S/C23H24N2O4/c1-15-18-8-9-19(17-6-4-3-5-7-17)25(18)23(10-12-29-13-11-23)22(28)21(15)16(2)24-14-20(26)27/h3-9,24,28H,1-2,10-14H2,(H,26,27). The van der Waals surface area contributed by atoms with E-state index in [4.69, 9.17) is 9.84 Å². The summed E-state index contributed by atoms with van der Waals surface area (Å²) in [6, 6.07) is 14.1. The summed E-state index contributed by atoms with van der Waals surface area (Å²) in [6.07, 6.45) is 1.20. The lowest BCUT2D eigenvalue weighted by Crippen LogP contribution is -2.45. The highest BCUT2D eigenvalue weighted by Crippen LogP contribution is 2.49. The van der Waals surface area contributed by atoms with Crippen LogP contribution in [-0.4, -0.2) is 40.5 Å². The minimum Gasteiger partial charge on any atom is -0.509 e. The van der Waals surface area contributed by atoms with Gasteiger partial charge in [-0.1, -0.05) is 43.5 Å². The van der Waals surface area contributed by atoms with Gasteiger partial charge in [0.15, 0.2) is 0 Å². The minimum atomic E-state index is -0.997. The highest BCUT2D eigenvalue weighted by Gasteiger charge is 2.46. The van der Waals surface area contributed by atoms with Crippen molar-refractivity contribution in [3.8, 4) is 11.3 Å². The van der Waals surface area contributed by atoms with Gasteiger partial charge >= 0.3 is 5.97 Å². The highest BCUT2D eigenvalue weighted by atomic mass is 16.5. The maximum absolute atomic E-state index is 11.5. The van der Waals surface area contributed by atoms with E-state index in [1.165, 1.54) is 0 Å². The van der Waals surface area contributed by atoms with Crippen molar-refractivity contribution in [3.63, 3.8) is 0 Å². The van der Waals surface area contributed by atoms with Gasteiger partial charge in [-0.15, -0.1) is 0 Å². The van der Waals surface area contributed by atoms with E-state index in [0.717, 1.165) is 17.0 Å². The number of carbonyl (C=O) groups is 1. The molecule has 2 aromatic rings. The van der Waals surface area contributed by atoms with Gasteiger partial charge < -0.3 is 24.8 Å². The number of nitrogens with one attached hydrogen (secondary N) is 1. The van der Waals surface area contributed by atoms with Crippen LogP contribution in [0.1, 0.15) is 18.5 Å². The van der Waals surface area contributed by atoms with Crippen molar-refractivity contribution in [3.05, 3.63) is 78.3 Å². The van der Waals surface area contributed by atoms with Gasteiger partial charge in [-0.3, -0.25) is 4.79 Å². The summed E-state index contributed by atoms with van der Waals surface area (Å²) in [6.45, 7) is 8.93. The molecule has 3 N–H and O–H groups in total. The van der Waals surface area contributed by atoms with Gasteiger partial charge in [0.05, 0.1) is 0 Å². The van der Waals surface area contributed by atoms with E-state index in [9.17, 15) is 9.90 Å². The van der Waals surface area contributed by atoms with Crippen LogP contribution in [0.4, 0.5) is 0 Å². The molecule has 0 radical (unpaired) electrons. The Labute approximate surface area is 169 Å². The Morgan fingerprint density at radius 1 is 1.14 bits per heavy atom. The summed E-state index contributed by atoms with van der Waals surface area (Å²) in [5, 5.41) is 23.3. The SMILES string of the molecule is C=C(NCC(=O)O)C1=C(O)C2(CCOCC2)n2c(ccc2-c2ccccc2)C1=C. The van der Waals surface area contributed by atoms with Crippen LogP contribution in [0.5, 0.6) is 0 Å². The smallest absolute Gasteiger partial charge is 0.322 e. The van der Waals surface area contributed by atoms with E-state index in [0.29, 0.717) is 42.9 Å². The Bertz CT molecular complexity index is 1010. The summed E-state index contributed by atoms with van der Waals surface area (Å²) in [7, 11) is 0. The number of carboxylic acid groups (broad SMARTS) is 1. The van der Waals surface area contributed by atoms with Crippen molar-refractivity contribution in [1.82, 2.24) is 9.88 Å². The topological polar surface area (TPSA) is 83.7 Å². The number of hydrogen-bond acceptors (Lipinski definition) is 4. The Hall–Kier alpha value is -3.25. The summed E-state index contributed by atoms with van der Waals surface area (Å²) in [4.78, 5) is 11.0. The van der Waals surface area contributed by atoms with Crippen LogP contribution in [-0.2, 0) is 15.1 Å². The Balaban J connectivity index is 1.88. The van der Waals surface area contributed by atoms with Crippen LogP contribution < -0.4 is 5.32 Å². The third kappa shape index (κ3) is 3.06. The maximum atomic E-state index is 11.5. The van der Waals surface area contributed by atoms with Crippen LogP contribution >= 0.6 is 0 Å². The molecule has 29 heavy (non-hydrogen) atoms. The lowest BCUT2D eigenvalue weighted by atomic mass is 9.79. The molecule has 0 unspecified atom stereocenters. The summed E-state index contributed by atoms with van der Waals surface area (Å²) in [5.41, 5.74) is 3.70. The highest BCUT2D eigenvalue weighted by molar-refractivity contribution is 5.85. The van der Waals surface area contributed by atoms with Crippen LogP contribution in [0.3, 0.4) is 0 Å². The normalized spacial score (nSPS) is 17.9. The molecule has 0 bridgehead atoms. The quantitative estimate of drug-likeness (QED) is 0.723. The number of rotatable bonds is 5. The number of benzene rings is 1. The largest absolute Gasteiger partial charge is 0.509 e. The van der Waals surface area contributed by atoms with Crippen LogP contribution in [0.25, 0.3) is 16.8 Å². The first kappa shape index (κ1) is 19.1. The first-order valence-corrected chi connectivity index (χ1v) is 9.59. The van der Waals surface area contributed by atoms with Crippen molar-refractivity contribution in [2.75, 3.05) is 19.8 Å². The van der Waals surface area contributed by atoms with E-state index in [1.54, 1.807) is 0 Å². The van der Waals surface area contributed by atoms with Crippen molar-refractivity contribution in [2.45, 2.75) is 18.4 Å². The fourth-order valence-corrected chi connectivity index (χ4v) is 4.34. The van der Waals surface area contributed by atoms with Gasteiger partial charge in [-0.05, 0) is 17.7 Å². The van der Waals surface area contributed by atoms with E-state index >= 15 is 0 Å². The summed E-state index contributed by atoms with van der Waals surface area (Å²) in [5.74, 6) is -0.835. The van der Waals surface area contributed by atoms with E-state index < -0.39 is 11.5 Å². The van der Waals surface area contributed by atoms with E-state index in [1.807, 2.05) is 42.5 Å². The Morgan fingerprint density at radius 3 is 2.45 bits per heavy atom. The molecule has 6 nitrogen and oxygen atoms in total. The molecular formula is C23H24N2O4. The third-order valence-electron chi connectivity index (χ3n) is 5.74. The van der Waals surface area contributed by atoms with Gasteiger partial charge in [0.1, 0.15) is 17.8 Å². The molecule has 1 spiro atoms. The number of aliphatic hydroxyl groups excluding tert-OH is 1. The third-order valence-corrected chi connectivity index (χ3v) is 5.74. The molecule has 150 valence electrons. The number of ether oxygens (including phenoxy) is 1. The number of fused-ring (bicyclic) bond motifs is 2.